The molecular formula is C17H24N2O4S. The fraction of sp³-hybridized carbons (Fsp3) is 0.647. The number of piperidine rings is 1. The fourth-order valence-electron chi connectivity index (χ4n) is 3.56. The van der Waals surface area contributed by atoms with E-state index in [1.165, 1.54) is 4.88 Å². The molecule has 2 fully saturated rings. The molecule has 4 atom stereocenters. The lowest BCUT2D eigenvalue weighted by Crippen LogP contribution is -2.52. The minimum Gasteiger partial charge on any atom is -0.481 e. The summed E-state index contributed by atoms with van der Waals surface area (Å²) in [6.07, 6.45) is 2.23. The zero-order valence-electron chi connectivity index (χ0n) is 13.8. The number of aliphatic carboxylic acids is 1. The Hall–Kier alpha value is -1.60. The molecule has 0 bridgehead atoms. The summed E-state index contributed by atoms with van der Waals surface area (Å²) in [6.45, 7) is 3.54. The van der Waals surface area contributed by atoms with Gasteiger partial charge < -0.3 is 20.1 Å². The van der Waals surface area contributed by atoms with Crippen molar-refractivity contribution >= 4 is 23.3 Å². The molecule has 6 nitrogen and oxygen atoms in total. The van der Waals surface area contributed by atoms with Crippen LogP contribution in [0.2, 0.25) is 0 Å². The number of likely N-dealkylation sites (tertiary alicyclic amines) is 1. The number of hydrogen-bond donors (Lipinski definition) is 2. The number of nitrogens with one attached hydrogen (secondary N) is 1. The number of carbonyl (C=O) groups excluding carboxylic acids is 1. The van der Waals surface area contributed by atoms with Crippen LogP contribution in [0.3, 0.4) is 0 Å². The largest absolute Gasteiger partial charge is 0.481 e. The maximum absolute atomic E-state index is 12.6. The molecule has 2 saturated heterocycles. The van der Waals surface area contributed by atoms with Crippen LogP contribution in [0.25, 0.3) is 0 Å². The Labute approximate surface area is 145 Å². The molecule has 0 spiro atoms. The predicted octanol–water partition coefficient (Wildman–Crippen LogP) is 2.72. The Morgan fingerprint density at radius 1 is 1.38 bits per heavy atom. The maximum Gasteiger partial charge on any atom is 0.317 e. The predicted molar refractivity (Wildman–Crippen MR) is 91.0 cm³/mol. The van der Waals surface area contributed by atoms with Gasteiger partial charge in [0.15, 0.2) is 0 Å². The van der Waals surface area contributed by atoms with Gasteiger partial charge in [0.25, 0.3) is 0 Å². The first-order valence-electron chi connectivity index (χ1n) is 8.46. The molecule has 7 heteroatoms. The van der Waals surface area contributed by atoms with E-state index in [4.69, 9.17) is 4.74 Å². The van der Waals surface area contributed by atoms with Crippen molar-refractivity contribution in [2.45, 2.75) is 38.3 Å². The summed E-state index contributed by atoms with van der Waals surface area (Å²) in [5, 5.41) is 14.4. The molecule has 2 amide bonds. The Balaban J connectivity index is 1.56. The third-order valence-corrected chi connectivity index (χ3v) is 5.73. The minimum absolute atomic E-state index is 0.0381. The number of hydrogen-bond acceptors (Lipinski definition) is 4. The average molecular weight is 352 g/mol. The Morgan fingerprint density at radius 3 is 2.92 bits per heavy atom. The van der Waals surface area contributed by atoms with Crippen LogP contribution in [0, 0.1) is 11.8 Å². The van der Waals surface area contributed by atoms with Gasteiger partial charge in [0.2, 0.25) is 0 Å². The lowest BCUT2D eigenvalue weighted by atomic mass is 9.91. The normalized spacial score (nSPS) is 30.8. The highest BCUT2D eigenvalue weighted by Gasteiger charge is 2.33. The van der Waals surface area contributed by atoms with E-state index in [1.807, 2.05) is 18.4 Å². The molecule has 4 unspecified atom stereocenters. The van der Waals surface area contributed by atoms with Crippen LogP contribution in [-0.2, 0) is 9.53 Å². The van der Waals surface area contributed by atoms with Crippen molar-refractivity contribution in [3.05, 3.63) is 22.4 Å². The average Bonchev–Trinajstić information content (AvgIpc) is 3.09. The molecule has 2 aliphatic rings. The second-order valence-electron chi connectivity index (χ2n) is 6.83. The van der Waals surface area contributed by atoms with Crippen LogP contribution < -0.4 is 5.32 Å². The third-order valence-electron chi connectivity index (χ3n) is 4.77. The number of urea groups is 1. The summed E-state index contributed by atoms with van der Waals surface area (Å²) >= 11 is 1.67. The third kappa shape index (κ3) is 4.08. The highest BCUT2D eigenvalue weighted by atomic mass is 32.1. The van der Waals surface area contributed by atoms with Crippen LogP contribution >= 0.6 is 11.3 Å². The molecule has 0 saturated carbocycles. The van der Waals surface area contributed by atoms with Crippen molar-refractivity contribution in [2.24, 2.45) is 11.8 Å². The Morgan fingerprint density at radius 2 is 2.21 bits per heavy atom. The SMILES string of the molecule is CC1CC(C(=O)O)CN(C(=O)NC2CCOC(c3cccs3)C2)C1. The van der Waals surface area contributed by atoms with E-state index in [-0.39, 0.29) is 24.1 Å². The first kappa shape index (κ1) is 17.2. The monoisotopic (exact) mass is 352 g/mol. The second kappa shape index (κ2) is 7.53. The molecule has 3 heterocycles. The van der Waals surface area contributed by atoms with Crippen LogP contribution in [0.5, 0.6) is 0 Å². The number of carbonyl (C=O) groups is 2. The summed E-state index contributed by atoms with van der Waals surface area (Å²) < 4.78 is 5.81. The van der Waals surface area contributed by atoms with Gasteiger partial charge in [-0.15, -0.1) is 11.3 Å². The molecule has 24 heavy (non-hydrogen) atoms. The highest BCUT2D eigenvalue weighted by molar-refractivity contribution is 7.10. The molecule has 2 aliphatic heterocycles. The van der Waals surface area contributed by atoms with Crippen LogP contribution in [0.15, 0.2) is 17.5 Å². The molecule has 132 valence electrons. The quantitative estimate of drug-likeness (QED) is 0.877. The first-order chi connectivity index (χ1) is 11.5. The van der Waals surface area contributed by atoms with Gasteiger partial charge in [0.1, 0.15) is 0 Å². The van der Waals surface area contributed by atoms with Crippen molar-refractivity contribution in [3.8, 4) is 0 Å². The lowest BCUT2D eigenvalue weighted by molar-refractivity contribution is -0.143. The summed E-state index contributed by atoms with van der Waals surface area (Å²) in [7, 11) is 0. The number of rotatable bonds is 3. The number of nitrogens with zero attached hydrogens (tertiary/aromatic N) is 1. The molecule has 2 N–H and O–H groups in total. The minimum atomic E-state index is -0.817. The van der Waals surface area contributed by atoms with E-state index >= 15 is 0 Å². The number of amides is 2. The molecule has 1 aromatic rings. The highest BCUT2D eigenvalue weighted by Crippen LogP contribution is 2.31. The molecule has 3 rings (SSSR count). The molecule has 0 radical (unpaired) electrons. The topological polar surface area (TPSA) is 78.9 Å². The van der Waals surface area contributed by atoms with E-state index in [1.54, 1.807) is 16.2 Å². The van der Waals surface area contributed by atoms with Crippen molar-refractivity contribution in [1.29, 1.82) is 0 Å². The van der Waals surface area contributed by atoms with Crippen molar-refractivity contribution in [1.82, 2.24) is 10.2 Å². The van der Waals surface area contributed by atoms with Gasteiger partial charge in [-0.1, -0.05) is 13.0 Å². The van der Waals surface area contributed by atoms with Gasteiger partial charge >= 0.3 is 12.0 Å². The van der Waals surface area contributed by atoms with E-state index in [9.17, 15) is 14.7 Å². The molecule has 0 aliphatic carbocycles. The van der Waals surface area contributed by atoms with E-state index in [0.29, 0.717) is 26.1 Å². The van der Waals surface area contributed by atoms with Gasteiger partial charge in [0, 0.05) is 30.6 Å². The van der Waals surface area contributed by atoms with Gasteiger partial charge in [-0.3, -0.25) is 4.79 Å². The van der Waals surface area contributed by atoms with Gasteiger partial charge in [-0.25, -0.2) is 4.79 Å². The zero-order chi connectivity index (χ0) is 17.1. The number of carboxylic acid groups (broad SMARTS) is 1. The van der Waals surface area contributed by atoms with Crippen molar-refractivity contribution in [2.75, 3.05) is 19.7 Å². The molecule has 1 aromatic heterocycles. The van der Waals surface area contributed by atoms with Gasteiger partial charge in [0.05, 0.1) is 12.0 Å². The van der Waals surface area contributed by atoms with E-state index in [0.717, 1.165) is 12.8 Å². The molecule has 0 aromatic carbocycles. The smallest absolute Gasteiger partial charge is 0.317 e. The summed E-state index contributed by atoms with van der Waals surface area (Å²) in [5.74, 6) is -1.07. The summed E-state index contributed by atoms with van der Waals surface area (Å²) in [6, 6.07) is 3.99. The second-order valence-corrected chi connectivity index (χ2v) is 7.81. The van der Waals surface area contributed by atoms with E-state index < -0.39 is 11.9 Å². The summed E-state index contributed by atoms with van der Waals surface area (Å²) in [4.78, 5) is 26.7. The van der Waals surface area contributed by atoms with Crippen molar-refractivity contribution < 1.29 is 19.4 Å². The van der Waals surface area contributed by atoms with E-state index in [2.05, 4.69) is 11.4 Å². The summed E-state index contributed by atoms with van der Waals surface area (Å²) in [5.41, 5.74) is 0. The first-order valence-corrected chi connectivity index (χ1v) is 9.34. The standard InChI is InChI=1S/C17H24N2O4S/c1-11-7-12(16(20)21)10-19(9-11)17(22)18-13-4-5-23-14(8-13)15-3-2-6-24-15/h2-3,6,11-14H,4-5,7-10H2,1H3,(H,18,22)(H,20,21). The molecular weight excluding hydrogens is 328 g/mol. The number of carboxylic acids is 1. The Kier molecular flexibility index (Phi) is 5.40. The van der Waals surface area contributed by atoms with Crippen LogP contribution in [0.4, 0.5) is 4.79 Å². The van der Waals surface area contributed by atoms with Crippen LogP contribution in [-0.4, -0.2) is 47.7 Å². The van der Waals surface area contributed by atoms with Crippen LogP contribution in [0.1, 0.15) is 37.2 Å². The Bertz CT molecular complexity index is 577. The zero-order valence-corrected chi connectivity index (χ0v) is 14.6. The maximum atomic E-state index is 12.6. The van der Waals surface area contributed by atoms with Crippen molar-refractivity contribution in [3.63, 3.8) is 0 Å². The van der Waals surface area contributed by atoms with Gasteiger partial charge in [-0.05, 0) is 36.6 Å². The number of thiophene rings is 1. The fourth-order valence-corrected chi connectivity index (χ4v) is 4.35. The lowest BCUT2D eigenvalue weighted by Gasteiger charge is -2.37. The van der Waals surface area contributed by atoms with Gasteiger partial charge in [-0.2, -0.15) is 0 Å². The number of ether oxygens (including phenoxy) is 1.